The molecule has 1 heterocycles. The van der Waals surface area contributed by atoms with E-state index >= 15 is 0 Å². The van der Waals surface area contributed by atoms with Crippen LogP contribution >= 0.6 is 0 Å². The molecule has 0 aromatic carbocycles. The molecule has 1 N–H and O–H groups in total. The Hall–Kier alpha value is -2.19. The van der Waals surface area contributed by atoms with Crippen LogP contribution in [0.5, 0.6) is 0 Å². The van der Waals surface area contributed by atoms with Crippen molar-refractivity contribution in [2.75, 3.05) is 13.2 Å². The Labute approximate surface area is 151 Å². The Balaban J connectivity index is 3.04. The van der Waals surface area contributed by atoms with Gasteiger partial charge in [-0.3, -0.25) is 14.4 Å². The fourth-order valence-electron chi connectivity index (χ4n) is 2.31. The van der Waals surface area contributed by atoms with Crippen molar-refractivity contribution in [3.8, 4) is 0 Å². The first kappa shape index (κ1) is 21.9. The zero-order valence-electron chi connectivity index (χ0n) is 15.2. The first-order chi connectivity index (χ1) is 12.3. The van der Waals surface area contributed by atoms with Crippen LogP contribution in [-0.2, 0) is 38.1 Å². The molecule has 0 spiro atoms. The molecule has 5 unspecified atom stereocenters. The molecular formula is C17H24O9. The van der Waals surface area contributed by atoms with Gasteiger partial charge in [0.15, 0.2) is 18.5 Å². The number of aliphatic hydroxyl groups is 1. The number of aliphatic hydroxyl groups excluding tert-OH is 1. The minimum atomic E-state index is -1.39. The average Bonchev–Trinajstić information content (AvgIpc) is 2.54. The quantitative estimate of drug-likeness (QED) is 0.381. The zero-order chi connectivity index (χ0) is 19.7. The summed E-state index contributed by atoms with van der Waals surface area (Å²) in [4.78, 5) is 33.9. The largest absolute Gasteiger partial charge is 0.463 e. The van der Waals surface area contributed by atoms with Crippen LogP contribution in [0.2, 0.25) is 0 Å². The fourth-order valence-corrected chi connectivity index (χ4v) is 2.31. The summed E-state index contributed by atoms with van der Waals surface area (Å²) in [6, 6.07) is 0. The van der Waals surface area contributed by atoms with E-state index in [4.69, 9.17) is 23.7 Å². The molecule has 1 aliphatic heterocycles. The Bertz CT molecular complexity index is 565. The minimum Gasteiger partial charge on any atom is -0.463 e. The summed E-state index contributed by atoms with van der Waals surface area (Å²) in [5.41, 5.74) is 2.80. The maximum Gasteiger partial charge on any atom is 0.303 e. The lowest BCUT2D eigenvalue weighted by atomic mass is 9.98. The van der Waals surface area contributed by atoms with E-state index in [-0.39, 0.29) is 13.2 Å². The Morgan fingerprint density at radius 3 is 2.23 bits per heavy atom. The molecule has 9 nitrogen and oxygen atoms in total. The smallest absolute Gasteiger partial charge is 0.303 e. The van der Waals surface area contributed by atoms with E-state index in [9.17, 15) is 19.5 Å². The number of carbonyl (C=O) groups is 3. The molecule has 5 atom stereocenters. The lowest BCUT2D eigenvalue weighted by Gasteiger charge is -2.42. The van der Waals surface area contributed by atoms with Gasteiger partial charge in [0, 0.05) is 20.8 Å². The van der Waals surface area contributed by atoms with Crippen LogP contribution in [0.1, 0.15) is 27.7 Å². The Kier molecular flexibility index (Phi) is 9.01. The SMILES string of the molecule is CC=C=CCOC1OC(COC(C)=O)C(O)C(OC(C)=O)C1OC(C)=O. The molecule has 0 aromatic heterocycles. The third-order valence-electron chi connectivity index (χ3n) is 3.30. The molecule has 1 fully saturated rings. The Morgan fingerprint density at radius 1 is 1.08 bits per heavy atom. The van der Waals surface area contributed by atoms with Gasteiger partial charge in [0.05, 0.1) is 6.61 Å². The summed E-state index contributed by atoms with van der Waals surface area (Å²) in [6.45, 7) is 5.08. The summed E-state index contributed by atoms with van der Waals surface area (Å²) in [7, 11) is 0. The standard InChI is InChI=1S/C17H24O9/c1-5-6-7-8-22-17-16(25-12(4)20)15(24-11(3)19)14(21)13(26-17)9-23-10(2)18/h5,7,13-17,21H,8-9H2,1-4H3. The maximum absolute atomic E-state index is 11.4. The highest BCUT2D eigenvalue weighted by molar-refractivity contribution is 5.67. The predicted octanol–water partition coefficient (Wildman–Crippen LogP) is 0.246. The molecule has 146 valence electrons. The van der Waals surface area contributed by atoms with Crippen molar-refractivity contribution >= 4 is 17.9 Å². The topological polar surface area (TPSA) is 118 Å². The predicted molar refractivity (Wildman–Crippen MR) is 86.7 cm³/mol. The second-order valence-corrected chi connectivity index (χ2v) is 5.48. The van der Waals surface area contributed by atoms with E-state index in [1.165, 1.54) is 13.8 Å². The lowest BCUT2D eigenvalue weighted by Crippen LogP contribution is -2.61. The summed E-state index contributed by atoms with van der Waals surface area (Å²) in [6.07, 6.45) is -2.79. The second-order valence-electron chi connectivity index (χ2n) is 5.48. The van der Waals surface area contributed by atoms with Crippen LogP contribution in [-0.4, -0.2) is 66.9 Å². The fraction of sp³-hybridized carbons (Fsp3) is 0.647. The molecule has 0 saturated carbocycles. The van der Waals surface area contributed by atoms with Crippen molar-refractivity contribution in [1.29, 1.82) is 0 Å². The monoisotopic (exact) mass is 372 g/mol. The van der Waals surface area contributed by atoms with Crippen LogP contribution in [0.4, 0.5) is 0 Å². The van der Waals surface area contributed by atoms with Gasteiger partial charge in [0.1, 0.15) is 18.8 Å². The molecule has 9 heteroatoms. The van der Waals surface area contributed by atoms with Crippen LogP contribution in [0, 0.1) is 0 Å². The maximum atomic E-state index is 11.4. The normalized spacial score (nSPS) is 27.7. The van der Waals surface area contributed by atoms with Crippen molar-refractivity contribution in [2.24, 2.45) is 0 Å². The highest BCUT2D eigenvalue weighted by atomic mass is 16.7. The third kappa shape index (κ3) is 6.97. The van der Waals surface area contributed by atoms with E-state index in [1.807, 2.05) is 0 Å². The molecule has 0 radical (unpaired) electrons. The van der Waals surface area contributed by atoms with Gasteiger partial charge in [0.2, 0.25) is 0 Å². The van der Waals surface area contributed by atoms with Gasteiger partial charge in [0.25, 0.3) is 0 Å². The summed E-state index contributed by atoms with van der Waals surface area (Å²) in [5, 5.41) is 10.4. The molecule has 1 aliphatic rings. The molecule has 1 saturated heterocycles. The number of hydrogen-bond acceptors (Lipinski definition) is 9. The van der Waals surface area contributed by atoms with Gasteiger partial charge in [-0.15, -0.1) is 5.73 Å². The van der Waals surface area contributed by atoms with Gasteiger partial charge in [-0.1, -0.05) is 0 Å². The molecule has 26 heavy (non-hydrogen) atoms. The number of ether oxygens (including phenoxy) is 5. The van der Waals surface area contributed by atoms with E-state index in [0.29, 0.717) is 0 Å². The highest BCUT2D eigenvalue weighted by Crippen LogP contribution is 2.27. The van der Waals surface area contributed by atoms with Crippen molar-refractivity contribution in [2.45, 2.75) is 58.4 Å². The molecule has 1 rings (SSSR count). The van der Waals surface area contributed by atoms with Crippen molar-refractivity contribution in [3.05, 3.63) is 17.9 Å². The van der Waals surface area contributed by atoms with Gasteiger partial charge in [-0.25, -0.2) is 0 Å². The van der Waals surface area contributed by atoms with Crippen LogP contribution < -0.4 is 0 Å². The number of carbonyl (C=O) groups excluding carboxylic acids is 3. The van der Waals surface area contributed by atoms with Gasteiger partial charge in [-0.05, 0) is 19.1 Å². The van der Waals surface area contributed by atoms with E-state index < -0.39 is 48.6 Å². The molecular weight excluding hydrogens is 348 g/mol. The molecule has 0 amide bonds. The number of rotatable bonds is 7. The van der Waals surface area contributed by atoms with Gasteiger partial charge >= 0.3 is 17.9 Å². The van der Waals surface area contributed by atoms with Crippen LogP contribution in [0.15, 0.2) is 17.9 Å². The third-order valence-corrected chi connectivity index (χ3v) is 3.30. The van der Waals surface area contributed by atoms with Gasteiger partial charge < -0.3 is 28.8 Å². The first-order valence-electron chi connectivity index (χ1n) is 8.04. The Morgan fingerprint density at radius 2 is 1.69 bits per heavy atom. The van der Waals surface area contributed by atoms with Crippen molar-refractivity contribution < 1.29 is 43.2 Å². The van der Waals surface area contributed by atoms with Crippen LogP contribution in [0.25, 0.3) is 0 Å². The molecule has 0 aromatic rings. The molecule has 0 bridgehead atoms. The first-order valence-corrected chi connectivity index (χ1v) is 8.04. The summed E-state index contributed by atoms with van der Waals surface area (Å²) >= 11 is 0. The van der Waals surface area contributed by atoms with Crippen LogP contribution in [0.3, 0.4) is 0 Å². The zero-order valence-corrected chi connectivity index (χ0v) is 15.2. The van der Waals surface area contributed by atoms with E-state index in [1.54, 1.807) is 19.1 Å². The minimum absolute atomic E-state index is 0.0654. The number of hydrogen-bond donors (Lipinski definition) is 1. The molecule has 0 aliphatic carbocycles. The summed E-state index contributed by atoms with van der Waals surface area (Å²) in [5.74, 6) is -1.92. The van der Waals surface area contributed by atoms with Gasteiger partial charge in [-0.2, -0.15) is 0 Å². The average molecular weight is 372 g/mol. The summed E-state index contributed by atoms with van der Waals surface area (Å²) < 4.78 is 26.2. The van der Waals surface area contributed by atoms with E-state index in [2.05, 4.69) is 5.73 Å². The lowest BCUT2D eigenvalue weighted by molar-refractivity contribution is -0.304. The second kappa shape index (κ2) is 10.7. The van der Waals surface area contributed by atoms with Crippen molar-refractivity contribution in [1.82, 2.24) is 0 Å². The number of esters is 3. The van der Waals surface area contributed by atoms with Crippen molar-refractivity contribution in [3.63, 3.8) is 0 Å². The van der Waals surface area contributed by atoms with E-state index in [0.717, 1.165) is 6.92 Å². The highest BCUT2D eigenvalue weighted by Gasteiger charge is 2.50.